The monoisotopic (exact) mass is 281 g/mol. The maximum atomic E-state index is 12.9. The molecule has 6 heteroatoms. The number of carboxylic acid groups (broad SMARTS) is 1. The molecule has 0 saturated heterocycles. The van der Waals surface area contributed by atoms with Gasteiger partial charge in [0.1, 0.15) is 23.7 Å². The van der Waals surface area contributed by atoms with Gasteiger partial charge in [-0.1, -0.05) is 11.6 Å². The minimum atomic E-state index is -1.14. The Morgan fingerprint density at radius 3 is 2.84 bits per heavy atom. The summed E-state index contributed by atoms with van der Waals surface area (Å²) in [6.07, 6.45) is 2.52. The van der Waals surface area contributed by atoms with Crippen LogP contribution in [0, 0.1) is 5.82 Å². The third-order valence-corrected chi connectivity index (χ3v) is 2.56. The predicted molar refractivity (Wildman–Crippen MR) is 66.9 cm³/mol. The molecule has 1 aromatic heterocycles. The highest BCUT2D eigenvalue weighted by atomic mass is 35.5. The molecule has 0 unspecified atom stereocenters. The minimum absolute atomic E-state index is 0.0205. The first-order valence-corrected chi connectivity index (χ1v) is 5.69. The van der Waals surface area contributed by atoms with Gasteiger partial charge in [0.2, 0.25) is 0 Å². The van der Waals surface area contributed by atoms with Gasteiger partial charge < -0.3 is 9.84 Å². The zero-order chi connectivity index (χ0) is 13.8. The van der Waals surface area contributed by atoms with Crippen LogP contribution in [-0.4, -0.2) is 16.1 Å². The highest BCUT2D eigenvalue weighted by molar-refractivity contribution is 6.31. The second kappa shape index (κ2) is 5.67. The van der Waals surface area contributed by atoms with E-state index in [1.165, 1.54) is 30.5 Å². The SMILES string of the molecule is O=C(O)c1cc(Cl)ccc1OCc1cncc(F)c1. The standard InChI is InChI=1S/C13H9ClFNO3/c14-9-1-2-12(11(4-9)13(17)18)19-7-8-3-10(15)6-16-5-8/h1-6H,7H2,(H,17,18). The lowest BCUT2D eigenvalue weighted by Crippen LogP contribution is -2.03. The van der Waals surface area contributed by atoms with Gasteiger partial charge in [0.05, 0.1) is 6.20 Å². The van der Waals surface area contributed by atoms with Gasteiger partial charge >= 0.3 is 5.97 Å². The number of pyridine rings is 1. The van der Waals surface area contributed by atoms with Crippen molar-refractivity contribution in [2.75, 3.05) is 0 Å². The lowest BCUT2D eigenvalue weighted by atomic mass is 10.2. The zero-order valence-electron chi connectivity index (χ0n) is 9.64. The van der Waals surface area contributed by atoms with Crippen LogP contribution >= 0.6 is 11.6 Å². The molecule has 0 atom stereocenters. The Labute approximate surface area is 113 Å². The van der Waals surface area contributed by atoms with Crippen molar-refractivity contribution in [1.29, 1.82) is 0 Å². The third-order valence-electron chi connectivity index (χ3n) is 2.33. The van der Waals surface area contributed by atoms with Crippen molar-refractivity contribution >= 4 is 17.6 Å². The van der Waals surface area contributed by atoms with Crippen molar-refractivity contribution < 1.29 is 19.0 Å². The summed E-state index contributed by atoms with van der Waals surface area (Å²) in [4.78, 5) is 14.7. The number of halogens is 2. The smallest absolute Gasteiger partial charge is 0.339 e. The largest absolute Gasteiger partial charge is 0.488 e. The van der Waals surface area contributed by atoms with Gasteiger partial charge in [-0.25, -0.2) is 9.18 Å². The number of rotatable bonds is 4. The quantitative estimate of drug-likeness (QED) is 0.935. The summed E-state index contributed by atoms with van der Waals surface area (Å²) in [6.45, 7) is 0.0205. The topological polar surface area (TPSA) is 59.4 Å². The van der Waals surface area contributed by atoms with Gasteiger partial charge in [0, 0.05) is 16.8 Å². The summed E-state index contributed by atoms with van der Waals surface area (Å²) >= 11 is 5.72. The van der Waals surface area contributed by atoms with E-state index in [4.69, 9.17) is 21.4 Å². The molecule has 1 N–H and O–H groups in total. The lowest BCUT2D eigenvalue weighted by molar-refractivity contribution is 0.0691. The molecular weight excluding hydrogens is 273 g/mol. The van der Waals surface area contributed by atoms with Crippen LogP contribution in [0.1, 0.15) is 15.9 Å². The fraction of sp³-hybridized carbons (Fsp3) is 0.0769. The number of ether oxygens (including phenoxy) is 1. The highest BCUT2D eigenvalue weighted by Gasteiger charge is 2.12. The van der Waals surface area contributed by atoms with Crippen molar-refractivity contribution in [1.82, 2.24) is 4.98 Å². The lowest BCUT2D eigenvalue weighted by Gasteiger charge is -2.09. The van der Waals surface area contributed by atoms with Crippen LogP contribution in [0.2, 0.25) is 5.02 Å². The van der Waals surface area contributed by atoms with Crippen LogP contribution in [0.5, 0.6) is 5.75 Å². The van der Waals surface area contributed by atoms with Crippen LogP contribution in [0.3, 0.4) is 0 Å². The first kappa shape index (κ1) is 13.3. The number of nitrogens with zero attached hydrogens (tertiary/aromatic N) is 1. The van der Waals surface area contributed by atoms with Gasteiger partial charge in [0.15, 0.2) is 0 Å². The van der Waals surface area contributed by atoms with Gasteiger partial charge in [-0.3, -0.25) is 4.98 Å². The molecule has 0 radical (unpaired) electrons. The van der Waals surface area contributed by atoms with Gasteiger partial charge in [-0.2, -0.15) is 0 Å². The Hall–Kier alpha value is -2.14. The van der Waals surface area contributed by atoms with Crippen LogP contribution in [0.25, 0.3) is 0 Å². The van der Waals surface area contributed by atoms with E-state index in [1.54, 1.807) is 0 Å². The molecule has 1 aromatic carbocycles. The van der Waals surface area contributed by atoms with Gasteiger partial charge in [0.25, 0.3) is 0 Å². The van der Waals surface area contributed by atoms with E-state index in [0.717, 1.165) is 6.20 Å². The van der Waals surface area contributed by atoms with E-state index >= 15 is 0 Å². The number of carbonyl (C=O) groups is 1. The molecule has 0 aliphatic rings. The Morgan fingerprint density at radius 1 is 1.37 bits per heavy atom. The van der Waals surface area contributed by atoms with E-state index in [0.29, 0.717) is 10.6 Å². The molecule has 0 bridgehead atoms. The Balaban J connectivity index is 2.17. The van der Waals surface area contributed by atoms with E-state index < -0.39 is 11.8 Å². The normalized spacial score (nSPS) is 10.2. The first-order valence-electron chi connectivity index (χ1n) is 5.31. The van der Waals surface area contributed by atoms with E-state index in [-0.39, 0.29) is 17.9 Å². The molecule has 0 fully saturated rings. The number of aromatic nitrogens is 1. The zero-order valence-corrected chi connectivity index (χ0v) is 10.4. The maximum Gasteiger partial charge on any atom is 0.339 e. The highest BCUT2D eigenvalue weighted by Crippen LogP contribution is 2.23. The molecule has 4 nitrogen and oxygen atoms in total. The van der Waals surface area contributed by atoms with E-state index in [2.05, 4.69) is 4.98 Å². The van der Waals surface area contributed by atoms with Crippen LogP contribution in [0.15, 0.2) is 36.7 Å². The molecule has 0 saturated carbocycles. The average Bonchev–Trinajstić information content (AvgIpc) is 2.37. The molecule has 98 valence electrons. The fourth-order valence-electron chi connectivity index (χ4n) is 1.49. The summed E-state index contributed by atoms with van der Waals surface area (Å²) in [5, 5.41) is 9.32. The third kappa shape index (κ3) is 3.42. The summed E-state index contributed by atoms with van der Waals surface area (Å²) < 4.78 is 18.3. The van der Waals surface area contributed by atoms with Gasteiger partial charge in [-0.05, 0) is 24.3 Å². The van der Waals surface area contributed by atoms with Crippen LogP contribution < -0.4 is 4.74 Å². The summed E-state index contributed by atoms with van der Waals surface area (Å²) in [6, 6.07) is 5.54. The molecule has 2 rings (SSSR count). The summed E-state index contributed by atoms with van der Waals surface area (Å²) in [5.41, 5.74) is 0.461. The number of benzene rings is 1. The molecule has 19 heavy (non-hydrogen) atoms. The molecule has 0 aliphatic heterocycles. The van der Waals surface area contributed by atoms with Crippen molar-refractivity contribution in [3.8, 4) is 5.75 Å². The minimum Gasteiger partial charge on any atom is -0.488 e. The van der Waals surface area contributed by atoms with Crippen molar-refractivity contribution in [3.05, 3.63) is 58.6 Å². The molecule has 0 amide bonds. The summed E-state index contributed by atoms with van der Waals surface area (Å²) in [7, 11) is 0. The van der Waals surface area contributed by atoms with Crippen LogP contribution in [0.4, 0.5) is 4.39 Å². The van der Waals surface area contributed by atoms with Crippen molar-refractivity contribution in [2.24, 2.45) is 0 Å². The van der Waals surface area contributed by atoms with Crippen molar-refractivity contribution in [3.63, 3.8) is 0 Å². The molecule has 2 aromatic rings. The molecule has 0 aliphatic carbocycles. The number of hydrogen-bond acceptors (Lipinski definition) is 3. The Morgan fingerprint density at radius 2 is 2.16 bits per heavy atom. The molecular formula is C13H9ClFNO3. The van der Waals surface area contributed by atoms with Crippen LogP contribution in [-0.2, 0) is 6.61 Å². The van der Waals surface area contributed by atoms with Gasteiger partial charge in [-0.15, -0.1) is 0 Å². The van der Waals surface area contributed by atoms with Crippen molar-refractivity contribution in [2.45, 2.75) is 6.61 Å². The second-order valence-electron chi connectivity index (χ2n) is 3.75. The average molecular weight is 282 g/mol. The Kier molecular flexibility index (Phi) is 3.97. The number of carboxylic acids is 1. The second-order valence-corrected chi connectivity index (χ2v) is 4.18. The molecule has 1 heterocycles. The summed E-state index contributed by atoms with van der Waals surface area (Å²) in [5.74, 6) is -1.45. The fourth-order valence-corrected chi connectivity index (χ4v) is 1.66. The molecule has 0 spiro atoms. The maximum absolute atomic E-state index is 12.9. The first-order chi connectivity index (χ1) is 9.06. The van der Waals surface area contributed by atoms with E-state index in [1.807, 2.05) is 0 Å². The predicted octanol–water partition coefficient (Wildman–Crippen LogP) is 3.15. The number of hydrogen-bond donors (Lipinski definition) is 1. The van der Waals surface area contributed by atoms with E-state index in [9.17, 15) is 9.18 Å². The number of aromatic carboxylic acids is 1. The Bertz CT molecular complexity index is 619.